The molecule has 0 aromatic carbocycles. The van der Waals surface area contributed by atoms with Gasteiger partial charge in [-0.15, -0.1) is 0 Å². The monoisotopic (exact) mass is 265 g/mol. The standard InChI is InChI=1S/C11H23NO4S/c1-4-16-11(13)6-5-7-12-8-9-17(14,15)10(2)3/h10,12H,4-9H2,1-3H3. The first-order valence-electron chi connectivity index (χ1n) is 5.98. The fourth-order valence-corrected chi connectivity index (χ4v) is 2.07. The van der Waals surface area contributed by atoms with Crippen LogP contribution in [0.4, 0.5) is 0 Å². The van der Waals surface area contributed by atoms with E-state index < -0.39 is 9.84 Å². The number of nitrogens with one attached hydrogen (secondary N) is 1. The number of sulfone groups is 1. The van der Waals surface area contributed by atoms with E-state index in [9.17, 15) is 13.2 Å². The van der Waals surface area contributed by atoms with Gasteiger partial charge in [0.25, 0.3) is 0 Å². The second kappa shape index (κ2) is 8.47. The van der Waals surface area contributed by atoms with Gasteiger partial charge in [0.05, 0.1) is 17.6 Å². The zero-order valence-electron chi connectivity index (χ0n) is 10.9. The Kier molecular flexibility index (Phi) is 8.16. The van der Waals surface area contributed by atoms with Crippen molar-refractivity contribution >= 4 is 15.8 Å². The maximum absolute atomic E-state index is 11.4. The van der Waals surface area contributed by atoms with E-state index in [1.165, 1.54) is 0 Å². The topological polar surface area (TPSA) is 72.5 Å². The van der Waals surface area contributed by atoms with Crippen molar-refractivity contribution in [3.63, 3.8) is 0 Å². The lowest BCUT2D eigenvalue weighted by molar-refractivity contribution is -0.143. The van der Waals surface area contributed by atoms with Gasteiger partial charge in [0, 0.05) is 13.0 Å². The van der Waals surface area contributed by atoms with Gasteiger partial charge in [0.1, 0.15) is 0 Å². The highest BCUT2D eigenvalue weighted by Crippen LogP contribution is 1.99. The molecule has 0 saturated carbocycles. The second-order valence-corrected chi connectivity index (χ2v) is 6.75. The van der Waals surface area contributed by atoms with Crippen molar-refractivity contribution in [3.8, 4) is 0 Å². The first-order chi connectivity index (χ1) is 7.90. The number of hydrogen-bond acceptors (Lipinski definition) is 5. The van der Waals surface area contributed by atoms with Crippen LogP contribution in [-0.4, -0.2) is 45.1 Å². The zero-order chi connectivity index (χ0) is 13.3. The summed E-state index contributed by atoms with van der Waals surface area (Å²) in [7, 11) is -2.96. The SMILES string of the molecule is CCOC(=O)CCCNCCS(=O)(=O)C(C)C. The molecule has 0 aromatic rings. The minimum atomic E-state index is -2.96. The molecule has 0 spiro atoms. The van der Waals surface area contributed by atoms with Crippen LogP contribution in [0, 0.1) is 0 Å². The molecular weight excluding hydrogens is 242 g/mol. The van der Waals surface area contributed by atoms with Gasteiger partial charge >= 0.3 is 5.97 Å². The molecule has 102 valence electrons. The van der Waals surface area contributed by atoms with Gasteiger partial charge in [-0.3, -0.25) is 4.79 Å². The quantitative estimate of drug-likeness (QED) is 0.492. The van der Waals surface area contributed by atoms with Crippen molar-refractivity contribution in [2.24, 2.45) is 0 Å². The summed E-state index contributed by atoms with van der Waals surface area (Å²) in [5.74, 6) is -0.0616. The van der Waals surface area contributed by atoms with Crippen LogP contribution < -0.4 is 5.32 Å². The molecule has 0 radical (unpaired) electrons. The summed E-state index contributed by atoms with van der Waals surface area (Å²) in [6.07, 6.45) is 1.04. The summed E-state index contributed by atoms with van der Waals surface area (Å²) in [6, 6.07) is 0. The summed E-state index contributed by atoms with van der Waals surface area (Å²) >= 11 is 0. The molecule has 0 aromatic heterocycles. The summed E-state index contributed by atoms with van der Waals surface area (Å²) in [4.78, 5) is 11.0. The first kappa shape index (κ1) is 16.4. The number of esters is 1. The predicted octanol–water partition coefficient (Wildman–Crippen LogP) is 0.743. The Morgan fingerprint density at radius 2 is 1.94 bits per heavy atom. The molecule has 0 rings (SSSR count). The van der Waals surface area contributed by atoms with E-state index in [0.29, 0.717) is 32.5 Å². The molecule has 0 fully saturated rings. The van der Waals surface area contributed by atoms with E-state index in [0.717, 1.165) is 0 Å². The lowest BCUT2D eigenvalue weighted by atomic mass is 10.3. The Labute approximate surface area is 104 Å². The molecule has 17 heavy (non-hydrogen) atoms. The van der Waals surface area contributed by atoms with Crippen LogP contribution in [0.25, 0.3) is 0 Å². The molecule has 0 bridgehead atoms. The third kappa shape index (κ3) is 8.15. The summed E-state index contributed by atoms with van der Waals surface area (Å²) in [6.45, 7) is 6.59. The number of hydrogen-bond donors (Lipinski definition) is 1. The smallest absolute Gasteiger partial charge is 0.305 e. The average Bonchev–Trinajstić information content (AvgIpc) is 2.23. The molecule has 0 atom stereocenters. The summed E-state index contributed by atoms with van der Waals surface area (Å²) in [5.41, 5.74) is 0. The van der Waals surface area contributed by atoms with E-state index in [1.807, 2.05) is 0 Å². The van der Waals surface area contributed by atoms with Crippen LogP contribution in [-0.2, 0) is 19.4 Å². The maximum atomic E-state index is 11.4. The van der Waals surface area contributed by atoms with Gasteiger partial charge in [-0.25, -0.2) is 8.42 Å². The molecule has 6 heteroatoms. The lowest BCUT2D eigenvalue weighted by Crippen LogP contribution is -2.28. The van der Waals surface area contributed by atoms with Crippen LogP contribution in [0.15, 0.2) is 0 Å². The number of rotatable bonds is 9. The van der Waals surface area contributed by atoms with E-state index in [2.05, 4.69) is 5.32 Å². The Balaban J connectivity index is 3.51. The minimum Gasteiger partial charge on any atom is -0.466 e. The lowest BCUT2D eigenvalue weighted by Gasteiger charge is -2.08. The fourth-order valence-electron chi connectivity index (χ4n) is 1.17. The van der Waals surface area contributed by atoms with Crippen LogP contribution >= 0.6 is 0 Å². The number of carbonyl (C=O) groups excluding carboxylic acids is 1. The van der Waals surface area contributed by atoms with Gasteiger partial charge in [-0.1, -0.05) is 0 Å². The zero-order valence-corrected chi connectivity index (χ0v) is 11.7. The first-order valence-corrected chi connectivity index (χ1v) is 7.69. The minimum absolute atomic E-state index is 0.143. The summed E-state index contributed by atoms with van der Waals surface area (Å²) in [5, 5.41) is 2.68. The van der Waals surface area contributed by atoms with Gasteiger partial charge in [-0.05, 0) is 33.7 Å². The highest BCUT2D eigenvalue weighted by atomic mass is 32.2. The van der Waals surface area contributed by atoms with E-state index in [1.54, 1.807) is 20.8 Å². The molecule has 0 aliphatic carbocycles. The van der Waals surface area contributed by atoms with E-state index in [-0.39, 0.29) is 17.0 Å². The fraction of sp³-hybridized carbons (Fsp3) is 0.909. The molecule has 0 heterocycles. The van der Waals surface area contributed by atoms with Gasteiger partial charge in [0.15, 0.2) is 9.84 Å². The van der Waals surface area contributed by atoms with Crippen LogP contribution in [0.2, 0.25) is 0 Å². The predicted molar refractivity (Wildman–Crippen MR) is 67.7 cm³/mol. The van der Waals surface area contributed by atoms with Crippen LogP contribution in [0.5, 0.6) is 0 Å². The van der Waals surface area contributed by atoms with Gasteiger partial charge in [0.2, 0.25) is 0 Å². The number of ether oxygens (including phenoxy) is 1. The summed E-state index contributed by atoms with van der Waals surface area (Å²) < 4.78 is 27.7. The van der Waals surface area contributed by atoms with Crippen molar-refractivity contribution in [3.05, 3.63) is 0 Å². The molecule has 5 nitrogen and oxygen atoms in total. The van der Waals surface area contributed by atoms with Crippen molar-refractivity contribution < 1.29 is 17.9 Å². The normalized spacial score (nSPS) is 11.8. The Bertz CT molecular complexity index is 311. The molecular formula is C11H23NO4S. The second-order valence-electron chi connectivity index (χ2n) is 4.07. The van der Waals surface area contributed by atoms with E-state index in [4.69, 9.17) is 4.74 Å². The van der Waals surface area contributed by atoms with Crippen molar-refractivity contribution in [1.29, 1.82) is 0 Å². The van der Waals surface area contributed by atoms with Crippen molar-refractivity contribution in [1.82, 2.24) is 5.32 Å². The van der Waals surface area contributed by atoms with Crippen molar-refractivity contribution in [2.45, 2.75) is 38.9 Å². The molecule has 0 amide bonds. The molecule has 0 saturated heterocycles. The Hall–Kier alpha value is -0.620. The molecule has 1 N–H and O–H groups in total. The Morgan fingerprint density at radius 1 is 1.29 bits per heavy atom. The molecule has 0 unspecified atom stereocenters. The number of carbonyl (C=O) groups is 1. The van der Waals surface area contributed by atoms with Gasteiger partial charge < -0.3 is 10.1 Å². The van der Waals surface area contributed by atoms with Crippen LogP contribution in [0.3, 0.4) is 0 Å². The van der Waals surface area contributed by atoms with E-state index >= 15 is 0 Å². The third-order valence-corrected chi connectivity index (χ3v) is 4.53. The van der Waals surface area contributed by atoms with Crippen molar-refractivity contribution in [2.75, 3.05) is 25.4 Å². The Morgan fingerprint density at radius 3 is 2.47 bits per heavy atom. The maximum Gasteiger partial charge on any atom is 0.305 e. The highest BCUT2D eigenvalue weighted by Gasteiger charge is 2.14. The third-order valence-electron chi connectivity index (χ3n) is 2.32. The van der Waals surface area contributed by atoms with Crippen LogP contribution in [0.1, 0.15) is 33.6 Å². The largest absolute Gasteiger partial charge is 0.466 e. The van der Waals surface area contributed by atoms with Gasteiger partial charge in [-0.2, -0.15) is 0 Å². The average molecular weight is 265 g/mol. The highest BCUT2D eigenvalue weighted by molar-refractivity contribution is 7.92. The molecule has 0 aliphatic heterocycles. The molecule has 0 aliphatic rings.